The third kappa shape index (κ3) is 4.33. The molecule has 9 heteroatoms. The van der Waals surface area contributed by atoms with Gasteiger partial charge < -0.3 is 14.6 Å². The first kappa shape index (κ1) is 22.3. The molecule has 5 rings (SSSR count). The van der Waals surface area contributed by atoms with Crippen LogP contribution in [0.1, 0.15) is 30.1 Å². The predicted molar refractivity (Wildman–Crippen MR) is 128 cm³/mol. The van der Waals surface area contributed by atoms with Crippen LogP contribution < -0.4 is 5.32 Å². The summed E-state index contributed by atoms with van der Waals surface area (Å²) in [4.78, 5) is 28.3. The van der Waals surface area contributed by atoms with Gasteiger partial charge in [-0.05, 0) is 55.2 Å². The zero-order valence-electron chi connectivity index (χ0n) is 18.5. The SMILES string of the molecule is CC1CCCN(C(=O)c2cccc(F)c2-c2ncccn2)C1CNc1nc2cc(Cl)ccc2o1. The average Bonchev–Trinajstić information content (AvgIpc) is 3.25. The quantitative estimate of drug-likeness (QED) is 0.411. The Morgan fingerprint density at radius 1 is 1.24 bits per heavy atom. The molecule has 7 nitrogen and oxygen atoms in total. The van der Waals surface area contributed by atoms with Crippen molar-refractivity contribution in [2.24, 2.45) is 5.92 Å². The Kier molecular flexibility index (Phi) is 6.15. The van der Waals surface area contributed by atoms with Crippen LogP contribution in [0.2, 0.25) is 5.02 Å². The number of carbonyl (C=O) groups is 1. The van der Waals surface area contributed by atoms with Crippen molar-refractivity contribution in [3.05, 3.63) is 71.3 Å². The summed E-state index contributed by atoms with van der Waals surface area (Å²) in [5, 5.41) is 3.82. The summed E-state index contributed by atoms with van der Waals surface area (Å²) in [5.41, 5.74) is 1.66. The number of rotatable bonds is 5. The highest BCUT2D eigenvalue weighted by Gasteiger charge is 2.34. The van der Waals surface area contributed by atoms with Crippen molar-refractivity contribution in [1.29, 1.82) is 0 Å². The second kappa shape index (κ2) is 9.38. The molecule has 1 aliphatic heterocycles. The number of halogens is 2. The van der Waals surface area contributed by atoms with E-state index in [1.807, 2.05) is 4.90 Å². The first-order valence-corrected chi connectivity index (χ1v) is 11.6. The number of hydrogen-bond acceptors (Lipinski definition) is 6. The second-order valence-electron chi connectivity index (χ2n) is 8.43. The second-order valence-corrected chi connectivity index (χ2v) is 8.87. The number of nitrogens with one attached hydrogen (secondary N) is 1. The summed E-state index contributed by atoms with van der Waals surface area (Å²) >= 11 is 6.04. The van der Waals surface area contributed by atoms with E-state index in [1.165, 1.54) is 18.5 Å². The maximum absolute atomic E-state index is 14.8. The lowest BCUT2D eigenvalue weighted by atomic mass is 9.89. The smallest absolute Gasteiger partial charge is 0.295 e. The molecular formula is C25H23ClFN5O2. The number of carbonyl (C=O) groups excluding carboxylic acids is 1. The Morgan fingerprint density at radius 2 is 2.06 bits per heavy atom. The van der Waals surface area contributed by atoms with Gasteiger partial charge in [-0.2, -0.15) is 4.98 Å². The lowest BCUT2D eigenvalue weighted by molar-refractivity contribution is 0.0539. The van der Waals surface area contributed by atoms with Crippen LogP contribution in [0.15, 0.2) is 59.3 Å². The first-order valence-electron chi connectivity index (χ1n) is 11.2. The minimum atomic E-state index is -0.526. The Bertz CT molecular complexity index is 1330. The number of hydrogen-bond donors (Lipinski definition) is 1. The molecule has 1 aliphatic rings. The monoisotopic (exact) mass is 479 g/mol. The molecule has 0 bridgehead atoms. The number of amides is 1. The van der Waals surface area contributed by atoms with Gasteiger partial charge in [-0.25, -0.2) is 14.4 Å². The van der Waals surface area contributed by atoms with Gasteiger partial charge >= 0.3 is 0 Å². The van der Waals surface area contributed by atoms with Gasteiger partial charge in [-0.3, -0.25) is 4.79 Å². The van der Waals surface area contributed by atoms with E-state index in [9.17, 15) is 9.18 Å². The number of likely N-dealkylation sites (tertiary alicyclic amines) is 1. The predicted octanol–water partition coefficient (Wildman–Crippen LogP) is 5.43. The summed E-state index contributed by atoms with van der Waals surface area (Å²) in [6.45, 7) is 3.13. The fraction of sp³-hybridized carbons (Fsp3) is 0.280. The first-order chi connectivity index (χ1) is 16.5. The summed E-state index contributed by atoms with van der Waals surface area (Å²) in [5.74, 6) is -0.352. The zero-order chi connectivity index (χ0) is 23.7. The number of piperidine rings is 1. The van der Waals surface area contributed by atoms with E-state index in [0.29, 0.717) is 35.2 Å². The van der Waals surface area contributed by atoms with Crippen LogP contribution in [0.3, 0.4) is 0 Å². The van der Waals surface area contributed by atoms with E-state index in [1.54, 1.807) is 36.4 Å². The highest BCUT2D eigenvalue weighted by Crippen LogP contribution is 2.30. The van der Waals surface area contributed by atoms with Crippen LogP contribution >= 0.6 is 11.6 Å². The molecule has 0 radical (unpaired) electrons. The van der Waals surface area contributed by atoms with E-state index in [0.717, 1.165) is 12.8 Å². The molecule has 2 aromatic heterocycles. The molecule has 2 unspecified atom stereocenters. The van der Waals surface area contributed by atoms with Gasteiger partial charge in [0.25, 0.3) is 11.9 Å². The molecule has 0 spiro atoms. The summed E-state index contributed by atoms with van der Waals surface area (Å²) in [6.07, 6.45) is 4.92. The van der Waals surface area contributed by atoms with Crippen molar-refractivity contribution in [2.75, 3.05) is 18.4 Å². The number of aromatic nitrogens is 3. The van der Waals surface area contributed by atoms with Crippen LogP contribution in [-0.4, -0.2) is 44.9 Å². The largest absolute Gasteiger partial charge is 0.424 e. The Labute approximate surface area is 201 Å². The average molecular weight is 480 g/mol. The van der Waals surface area contributed by atoms with E-state index in [2.05, 4.69) is 27.2 Å². The molecule has 1 fully saturated rings. The van der Waals surface area contributed by atoms with Gasteiger partial charge in [-0.1, -0.05) is 24.6 Å². The minimum absolute atomic E-state index is 0.119. The third-order valence-electron chi connectivity index (χ3n) is 6.22. The van der Waals surface area contributed by atoms with Crippen LogP contribution in [0.4, 0.5) is 10.4 Å². The van der Waals surface area contributed by atoms with Gasteiger partial charge in [0.2, 0.25) is 0 Å². The molecule has 174 valence electrons. The van der Waals surface area contributed by atoms with Crippen molar-refractivity contribution in [3.63, 3.8) is 0 Å². The van der Waals surface area contributed by atoms with Crippen LogP contribution in [0.5, 0.6) is 0 Å². The molecule has 1 saturated heterocycles. The molecule has 2 atom stereocenters. The van der Waals surface area contributed by atoms with Gasteiger partial charge in [0.1, 0.15) is 11.3 Å². The molecular weight excluding hydrogens is 457 g/mol. The number of anilines is 1. The minimum Gasteiger partial charge on any atom is -0.424 e. The van der Waals surface area contributed by atoms with Gasteiger partial charge in [0.05, 0.1) is 17.2 Å². The summed E-state index contributed by atoms with van der Waals surface area (Å²) in [6, 6.07) is 11.6. The lowest BCUT2D eigenvalue weighted by Crippen LogP contribution is -2.51. The molecule has 2 aromatic carbocycles. The zero-order valence-corrected chi connectivity index (χ0v) is 19.3. The molecule has 4 aromatic rings. The van der Waals surface area contributed by atoms with Crippen molar-refractivity contribution in [1.82, 2.24) is 19.9 Å². The molecule has 1 amide bonds. The fourth-order valence-electron chi connectivity index (χ4n) is 4.49. The normalized spacial score (nSPS) is 18.3. The molecule has 1 N–H and O–H groups in total. The molecule has 0 aliphatic carbocycles. The van der Waals surface area contributed by atoms with E-state index in [4.69, 9.17) is 16.0 Å². The van der Waals surface area contributed by atoms with Crippen molar-refractivity contribution in [2.45, 2.75) is 25.8 Å². The number of oxazole rings is 1. The van der Waals surface area contributed by atoms with Crippen LogP contribution in [-0.2, 0) is 0 Å². The lowest BCUT2D eigenvalue weighted by Gasteiger charge is -2.40. The maximum atomic E-state index is 14.8. The topological polar surface area (TPSA) is 84.2 Å². The Morgan fingerprint density at radius 3 is 2.88 bits per heavy atom. The number of benzene rings is 2. The third-order valence-corrected chi connectivity index (χ3v) is 6.46. The summed E-state index contributed by atoms with van der Waals surface area (Å²) in [7, 11) is 0. The number of fused-ring (bicyclic) bond motifs is 1. The fourth-order valence-corrected chi connectivity index (χ4v) is 4.66. The maximum Gasteiger partial charge on any atom is 0.295 e. The van der Waals surface area contributed by atoms with Gasteiger partial charge in [-0.15, -0.1) is 0 Å². The number of nitrogens with zero attached hydrogens (tertiary/aromatic N) is 4. The highest BCUT2D eigenvalue weighted by molar-refractivity contribution is 6.31. The molecule has 34 heavy (non-hydrogen) atoms. The van der Waals surface area contributed by atoms with E-state index >= 15 is 0 Å². The molecule has 0 saturated carbocycles. The van der Waals surface area contributed by atoms with Crippen LogP contribution in [0, 0.1) is 11.7 Å². The van der Waals surface area contributed by atoms with E-state index in [-0.39, 0.29) is 34.8 Å². The Hall–Kier alpha value is -3.52. The highest BCUT2D eigenvalue weighted by atomic mass is 35.5. The van der Waals surface area contributed by atoms with Gasteiger partial charge in [0.15, 0.2) is 11.4 Å². The summed E-state index contributed by atoms with van der Waals surface area (Å²) < 4.78 is 20.6. The van der Waals surface area contributed by atoms with E-state index < -0.39 is 5.82 Å². The van der Waals surface area contributed by atoms with Crippen molar-refractivity contribution in [3.8, 4) is 11.4 Å². The standard InChI is InChI=1S/C25H23ClFN5O2/c1-15-5-3-12-32(20(15)14-30-25-31-19-13-16(26)8-9-21(19)34-25)24(33)17-6-2-7-18(27)22(17)23-28-10-4-11-29-23/h2,4,6-11,13,15,20H,3,5,12,14H2,1H3,(H,30,31). The Balaban J connectivity index is 1.42. The van der Waals surface area contributed by atoms with Crippen molar-refractivity contribution >= 4 is 34.6 Å². The van der Waals surface area contributed by atoms with Gasteiger partial charge in [0, 0.05) is 30.5 Å². The van der Waals surface area contributed by atoms with Crippen LogP contribution in [0.25, 0.3) is 22.5 Å². The van der Waals surface area contributed by atoms with Crippen molar-refractivity contribution < 1.29 is 13.6 Å². The molecule has 3 heterocycles.